The van der Waals surface area contributed by atoms with Crippen LogP contribution in [0.25, 0.3) is 0 Å². The summed E-state index contributed by atoms with van der Waals surface area (Å²) in [6.07, 6.45) is 0. The van der Waals surface area contributed by atoms with Crippen molar-refractivity contribution in [3.63, 3.8) is 0 Å². The maximum atomic E-state index is 12.5. The Kier molecular flexibility index (Phi) is 2.32. The van der Waals surface area contributed by atoms with Gasteiger partial charge in [0.2, 0.25) is 6.79 Å². The Morgan fingerprint density at radius 1 is 1.00 bits per heavy atom. The van der Waals surface area contributed by atoms with Gasteiger partial charge < -0.3 is 9.47 Å². The molecule has 0 aromatic heterocycles. The van der Waals surface area contributed by atoms with Crippen molar-refractivity contribution < 1.29 is 22.7 Å². The van der Waals surface area contributed by atoms with E-state index in [1.807, 2.05) is 0 Å². The molecule has 0 unspecified atom stereocenters. The fourth-order valence-electron chi connectivity index (χ4n) is 2.45. The summed E-state index contributed by atoms with van der Waals surface area (Å²) < 4.78 is 36.3. The van der Waals surface area contributed by atoms with Crippen molar-refractivity contribution in [1.82, 2.24) is 0 Å². The van der Waals surface area contributed by atoms with Crippen molar-refractivity contribution in [3.8, 4) is 11.5 Å². The highest BCUT2D eigenvalue weighted by Crippen LogP contribution is 2.40. The summed E-state index contributed by atoms with van der Waals surface area (Å²) in [6.45, 7) is 0.0830. The maximum absolute atomic E-state index is 12.5. The van der Waals surface area contributed by atoms with Crippen molar-refractivity contribution in [2.24, 2.45) is 0 Å². The van der Waals surface area contributed by atoms with Crippen LogP contribution in [0.4, 0.5) is 5.69 Å². The first-order valence-corrected chi connectivity index (χ1v) is 7.61. The van der Waals surface area contributed by atoms with Crippen LogP contribution in [0.1, 0.15) is 10.4 Å². The number of nitrogens with zero attached hydrogens (tertiary/aromatic N) is 1. The molecule has 0 bridgehead atoms. The van der Waals surface area contributed by atoms with Crippen LogP contribution in [-0.4, -0.2) is 21.1 Å². The van der Waals surface area contributed by atoms with Gasteiger partial charge in [-0.1, -0.05) is 12.1 Å². The molecule has 0 saturated carbocycles. The number of rotatable bonds is 1. The third-order valence-electron chi connectivity index (χ3n) is 3.41. The van der Waals surface area contributed by atoms with Crippen molar-refractivity contribution in [2.75, 3.05) is 11.1 Å². The lowest BCUT2D eigenvalue weighted by atomic mass is 10.2. The van der Waals surface area contributed by atoms with E-state index in [4.69, 9.17) is 9.47 Å². The van der Waals surface area contributed by atoms with Crippen LogP contribution < -0.4 is 13.8 Å². The van der Waals surface area contributed by atoms with E-state index < -0.39 is 15.9 Å². The van der Waals surface area contributed by atoms with E-state index in [2.05, 4.69) is 0 Å². The molecule has 0 aliphatic carbocycles. The molecule has 2 aromatic rings. The van der Waals surface area contributed by atoms with Crippen LogP contribution in [-0.2, 0) is 10.0 Å². The van der Waals surface area contributed by atoms with Crippen LogP contribution in [0.15, 0.2) is 47.4 Å². The van der Waals surface area contributed by atoms with Gasteiger partial charge in [-0.05, 0) is 24.3 Å². The number of benzene rings is 2. The molecule has 1 amide bonds. The zero-order chi connectivity index (χ0) is 14.6. The minimum absolute atomic E-state index is 0.0210. The fraction of sp³-hybridized carbons (Fsp3) is 0.0714. The molecule has 0 fully saturated rings. The molecule has 2 aliphatic heterocycles. The number of sulfonamides is 1. The molecule has 2 aromatic carbocycles. The summed E-state index contributed by atoms with van der Waals surface area (Å²) in [5.41, 5.74) is 0.413. The lowest BCUT2D eigenvalue weighted by Gasteiger charge is -2.15. The molecule has 0 saturated heterocycles. The van der Waals surface area contributed by atoms with Crippen LogP contribution in [0.2, 0.25) is 0 Å². The normalized spacial score (nSPS) is 17.9. The molecule has 4 rings (SSSR count). The van der Waals surface area contributed by atoms with Gasteiger partial charge in [-0.15, -0.1) is 0 Å². The molecule has 21 heavy (non-hydrogen) atoms. The Labute approximate surface area is 120 Å². The van der Waals surface area contributed by atoms with E-state index >= 15 is 0 Å². The van der Waals surface area contributed by atoms with Gasteiger partial charge in [0.15, 0.2) is 11.5 Å². The minimum atomic E-state index is -3.88. The van der Waals surface area contributed by atoms with Gasteiger partial charge in [-0.25, -0.2) is 8.42 Å². The van der Waals surface area contributed by atoms with E-state index in [1.165, 1.54) is 24.3 Å². The summed E-state index contributed by atoms with van der Waals surface area (Å²) in [6, 6.07) is 10.8. The van der Waals surface area contributed by atoms with Gasteiger partial charge in [-0.2, -0.15) is 4.31 Å². The third kappa shape index (κ3) is 1.58. The number of hydrogen-bond acceptors (Lipinski definition) is 5. The summed E-state index contributed by atoms with van der Waals surface area (Å²) in [5, 5.41) is 0. The summed E-state index contributed by atoms with van der Waals surface area (Å²) in [4.78, 5) is 12.4. The van der Waals surface area contributed by atoms with E-state index in [1.54, 1.807) is 18.2 Å². The zero-order valence-electron chi connectivity index (χ0n) is 10.6. The lowest BCUT2D eigenvalue weighted by molar-refractivity contribution is 0.101. The second kappa shape index (κ2) is 3.98. The summed E-state index contributed by atoms with van der Waals surface area (Å²) in [7, 11) is -3.88. The maximum Gasteiger partial charge on any atom is 0.273 e. The number of amides is 1. The molecule has 0 atom stereocenters. The SMILES string of the molecule is O=C1c2ccccc2S(=O)(=O)N1c1ccc2c(c1)OCO2. The fourth-order valence-corrected chi connectivity index (χ4v) is 4.04. The highest BCUT2D eigenvalue weighted by molar-refractivity contribution is 7.94. The summed E-state index contributed by atoms with van der Waals surface area (Å²) in [5.74, 6) is 0.385. The number of carbonyl (C=O) groups is 1. The van der Waals surface area contributed by atoms with Gasteiger partial charge in [0.05, 0.1) is 11.3 Å². The standard InChI is InChI=1S/C14H9NO5S/c16-14-10-3-1-2-4-13(10)21(17,18)15(14)9-5-6-11-12(7-9)20-8-19-11/h1-7H,8H2. The predicted octanol–water partition coefficient (Wildman–Crippen LogP) is 1.76. The molecular formula is C14H9NO5S. The van der Waals surface area contributed by atoms with E-state index in [0.29, 0.717) is 11.5 Å². The first-order chi connectivity index (χ1) is 10.1. The molecule has 2 aliphatic rings. The van der Waals surface area contributed by atoms with Gasteiger partial charge in [-0.3, -0.25) is 4.79 Å². The largest absolute Gasteiger partial charge is 0.454 e. The van der Waals surface area contributed by atoms with Crippen molar-refractivity contribution in [3.05, 3.63) is 48.0 Å². The topological polar surface area (TPSA) is 72.9 Å². The molecule has 2 heterocycles. The van der Waals surface area contributed by atoms with Gasteiger partial charge in [0.25, 0.3) is 15.9 Å². The first-order valence-electron chi connectivity index (χ1n) is 6.17. The highest BCUT2D eigenvalue weighted by Gasteiger charge is 2.42. The average Bonchev–Trinajstić information content (AvgIpc) is 3.01. The monoisotopic (exact) mass is 303 g/mol. The van der Waals surface area contributed by atoms with Crippen molar-refractivity contribution in [1.29, 1.82) is 0 Å². The molecule has 7 heteroatoms. The molecule has 0 N–H and O–H groups in total. The molecule has 106 valence electrons. The Hall–Kier alpha value is -2.54. The first kappa shape index (κ1) is 12.2. The number of carbonyl (C=O) groups excluding carboxylic acids is 1. The van der Waals surface area contributed by atoms with Crippen LogP contribution in [0, 0.1) is 0 Å². The lowest BCUT2D eigenvalue weighted by Crippen LogP contribution is -2.29. The third-order valence-corrected chi connectivity index (χ3v) is 5.18. The number of ether oxygens (including phenoxy) is 2. The predicted molar refractivity (Wildman–Crippen MR) is 73.0 cm³/mol. The van der Waals surface area contributed by atoms with E-state index in [0.717, 1.165) is 4.31 Å². The van der Waals surface area contributed by atoms with Gasteiger partial charge >= 0.3 is 0 Å². The van der Waals surface area contributed by atoms with Gasteiger partial charge in [0.1, 0.15) is 4.90 Å². The zero-order valence-corrected chi connectivity index (χ0v) is 11.5. The second-order valence-corrected chi connectivity index (χ2v) is 6.36. The highest BCUT2D eigenvalue weighted by atomic mass is 32.2. The number of anilines is 1. The van der Waals surface area contributed by atoms with Gasteiger partial charge in [0, 0.05) is 6.07 Å². The van der Waals surface area contributed by atoms with Crippen LogP contribution >= 0.6 is 0 Å². The number of hydrogen-bond donors (Lipinski definition) is 0. The van der Waals surface area contributed by atoms with Crippen LogP contribution in [0.3, 0.4) is 0 Å². The quantitative estimate of drug-likeness (QED) is 0.802. The summed E-state index contributed by atoms with van der Waals surface area (Å²) >= 11 is 0. The smallest absolute Gasteiger partial charge is 0.273 e. The molecular weight excluding hydrogens is 294 g/mol. The van der Waals surface area contributed by atoms with Crippen molar-refractivity contribution in [2.45, 2.75) is 4.90 Å². The Morgan fingerprint density at radius 2 is 1.76 bits per heavy atom. The molecule has 0 spiro atoms. The van der Waals surface area contributed by atoms with Crippen molar-refractivity contribution >= 4 is 21.6 Å². The molecule has 6 nitrogen and oxygen atoms in total. The Morgan fingerprint density at radius 3 is 2.57 bits per heavy atom. The van der Waals surface area contributed by atoms with E-state index in [-0.39, 0.29) is 22.9 Å². The molecule has 0 radical (unpaired) electrons. The van der Waals surface area contributed by atoms with Crippen LogP contribution in [0.5, 0.6) is 11.5 Å². The Bertz CT molecular complexity index is 875. The Balaban J connectivity index is 1.89. The number of fused-ring (bicyclic) bond motifs is 2. The second-order valence-electron chi connectivity index (χ2n) is 4.61. The average molecular weight is 303 g/mol. The minimum Gasteiger partial charge on any atom is -0.454 e. The van der Waals surface area contributed by atoms with E-state index in [9.17, 15) is 13.2 Å².